The van der Waals surface area contributed by atoms with Crippen LogP contribution in [0.3, 0.4) is 0 Å². The molecular formula is C21H23NO2. The van der Waals surface area contributed by atoms with Crippen molar-refractivity contribution < 1.29 is 9.53 Å². The molecule has 2 aliphatic heterocycles. The maximum Gasteiger partial charge on any atom is 0.166 e. The van der Waals surface area contributed by atoms with Gasteiger partial charge in [-0.3, -0.25) is 9.69 Å². The smallest absolute Gasteiger partial charge is 0.166 e. The number of Topliss-reactive ketones (excluding diaryl/α,β-unsaturated/α-hetero) is 1. The van der Waals surface area contributed by atoms with E-state index in [1.807, 2.05) is 36.4 Å². The Kier molecular flexibility index (Phi) is 4.21. The van der Waals surface area contributed by atoms with Crippen molar-refractivity contribution in [2.24, 2.45) is 5.92 Å². The molecule has 2 unspecified atom stereocenters. The first kappa shape index (κ1) is 15.6. The Morgan fingerprint density at radius 2 is 1.62 bits per heavy atom. The minimum atomic E-state index is 0.117. The Morgan fingerprint density at radius 3 is 2.33 bits per heavy atom. The van der Waals surface area contributed by atoms with Crippen molar-refractivity contribution in [1.82, 2.24) is 4.90 Å². The second-order valence-corrected chi connectivity index (χ2v) is 6.99. The number of carbonyl (C=O) groups is 1. The molecule has 0 aromatic heterocycles. The van der Waals surface area contributed by atoms with E-state index < -0.39 is 0 Å². The molecule has 124 valence electrons. The van der Waals surface area contributed by atoms with Gasteiger partial charge in [0, 0.05) is 23.6 Å². The minimum Gasteiger partial charge on any atom is -0.378 e. The molecule has 0 amide bonds. The fourth-order valence-corrected chi connectivity index (χ4v) is 4.03. The van der Waals surface area contributed by atoms with Crippen LogP contribution in [0, 0.1) is 5.92 Å². The van der Waals surface area contributed by atoms with Gasteiger partial charge in [-0.15, -0.1) is 0 Å². The number of morpholine rings is 1. The zero-order chi connectivity index (χ0) is 16.5. The van der Waals surface area contributed by atoms with E-state index in [0.717, 1.165) is 42.7 Å². The lowest BCUT2D eigenvalue weighted by Crippen LogP contribution is -2.55. The van der Waals surface area contributed by atoms with Gasteiger partial charge in [-0.25, -0.2) is 0 Å². The third-order valence-corrected chi connectivity index (χ3v) is 5.51. The van der Waals surface area contributed by atoms with Crippen molar-refractivity contribution in [2.75, 3.05) is 20.3 Å². The molecule has 2 aliphatic rings. The zero-order valence-electron chi connectivity index (χ0n) is 14.0. The van der Waals surface area contributed by atoms with Crippen LogP contribution in [0.4, 0.5) is 0 Å². The number of ketones is 1. The van der Waals surface area contributed by atoms with E-state index in [4.69, 9.17) is 4.74 Å². The predicted molar refractivity (Wildman–Crippen MR) is 95.1 cm³/mol. The molecule has 2 aromatic carbocycles. The lowest BCUT2D eigenvalue weighted by atomic mass is 9.80. The third-order valence-electron chi connectivity index (χ3n) is 5.51. The number of hydrogen-bond acceptors (Lipinski definition) is 3. The lowest BCUT2D eigenvalue weighted by Gasteiger charge is -2.46. The summed E-state index contributed by atoms with van der Waals surface area (Å²) in [6, 6.07) is 19.1. The van der Waals surface area contributed by atoms with Crippen LogP contribution >= 0.6 is 0 Å². The second kappa shape index (κ2) is 6.50. The maximum absolute atomic E-state index is 13.1. The van der Waals surface area contributed by atoms with Crippen molar-refractivity contribution in [1.29, 1.82) is 0 Å². The van der Waals surface area contributed by atoms with Crippen LogP contribution in [-0.4, -0.2) is 43.0 Å². The van der Waals surface area contributed by atoms with Gasteiger partial charge >= 0.3 is 0 Å². The predicted octanol–water partition coefficient (Wildman–Crippen LogP) is 3.65. The average molecular weight is 321 g/mol. The van der Waals surface area contributed by atoms with Gasteiger partial charge in [-0.1, -0.05) is 48.5 Å². The zero-order valence-corrected chi connectivity index (χ0v) is 14.0. The first-order chi connectivity index (χ1) is 11.7. The SMILES string of the molecule is CN1C2COCC1CC(C(=O)c1cccc(-c3ccccc3)c1)C2. The second-order valence-electron chi connectivity index (χ2n) is 6.99. The van der Waals surface area contributed by atoms with Gasteiger partial charge in [0.05, 0.1) is 13.2 Å². The molecule has 24 heavy (non-hydrogen) atoms. The molecule has 3 heteroatoms. The Morgan fingerprint density at radius 1 is 0.958 bits per heavy atom. The minimum absolute atomic E-state index is 0.117. The van der Waals surface area contributed by atoms with E-state index in [1.165, 1.54) is 0 Å². The normalized spacial score (nSPS) is 27.0. The van der Waals surface area contributed by atoms with E-state index in [2.05, 4.69) is 30.1 Å². The summed E-state index contributed by atoms with van der Waals surface area (Å²) in [5, 5.41) is 0. The molecule has 0 saturated carbocycles. The largest absolute Gasteiger partial charge is 0.378 e. The van der Waals surface area contributed by atoms with Crippen LogP contribution < -0.4 is 0 Å². The molecule has 0 aliphatic carbocycles. The Balaban J connectivity index is 1.57. The number of hydrogen-bond donors (Lipinski definition) is 0. The number of fused-ring (bicyclic) bond motifs is 2. The van der Waals surface area contributed by atoms with Gasteiger partial charge < -0.3 is 4.74 Å². The number of piperidine rings is 1. The third kappa shape index (κ3) is 2.90. The summed E-state index contributed by atoms with van der Waals surface area (Å²) in [6.07, 6.45) is 1.81. The summed E-state index contributed by atoms with van der Waals surface area (Å²) >= 11 is 0. The summed E-state index contributed by atoms with van der Waals surface area (Å²) in [6.45, 7) is 1.50. The number of likely N-dealkylation sites (N-methyl/N-ethyl adjacent to an activating group) is 1. The standard InChI is InChI=1S/C21H23NO2/c1-22-19-11-18(12-20(22)14-24-13-19)21(23)17-9-5-8-16(10-17)15-6-3-2-4-7-15/h2-10,18-20H,11-14H2,1H3. The van der Waals surface area contributed by atoms with Crippen LogP contribution in [-0.2, 0) is 4.74 Å². The molecule has 4 rings (SSSR count). The number of ether oxygens (including phenoxy) is 1. The molecular weight excluding hydrogens is 298 g/mol. The first-order valence-electron chi connectivity index (χ1n) is 8.72. The van der Waals surface area contributed by atoms with Crippen molar-refractivity contribution in [3.63, 3.8) is 0 Å². The Labute approximate surface area is 143 Å². The molecule has 2 bridgehead atoms. The molecule has 2 aromatic rings. The maximum atomic E-state index is 13.1. The number of nitrogens with zero attached hydrogens (tertiary/aromatic N) is 1. The van der Waals surface area contributed by atoms with E-state index in [1.54, 1.807) is 0 Å². The molecule has 0 N–H and O–H groups in total. The van der Waals surface area contributed by atoms with Gasteiger partial charge in [0.15, 0.2) is 5.78 Å². The molecule has 0 radical (unpaired) electrons. The highest BCUT2D eigenvalue weighted by Crippen LogP contribution is 2.33. The summed E-state index contributed by atoms with van der Waals surface area (Å²) in [7, 11) is 2.16. The first-order valence-corrected chi connectivity index (χ1v) is 8.72. The highest BCUT2D eigenvalue weighted by atomic mass is 16.5. The van der Waals surface area contributed by atoms with E-state index >= 15 is 0 Å². The monoisotopic (exact) mass is 321 g/mol. The lowest BCUT2D eigenvalue weighted by molar-refractivity contribution is -0.0702. The van der Waals surface area contributed by atoms with Crippen molar-refractivity contribution in [2.45, 2.75) is 24.9 Å². The van der Waals surface area contributed by atoms with E-state index in [-0.39, 0.29) is 11.7 Å². The molecule has 3 nitrogen and oxygen atoms in total. The summed E-state index contributed by atoms with van der Waals surface area (Å²) < 4.78 is 5.66. The van der Waals surface area contributed by atoms with E-state index in [9.17, 15) is 4.79 Å². The number of carbonyl (C=O) groups excluding carboxylic acids is 1. The molecule has 2 atom stereocenters. The van der Waals surface area contributed by atoms with Gasteiger partial charge in [0.1, 0.15) is 0 Å². The molecule has 2 fully saturated rings. The summed E-state index contributed by atoms with van der Waals surface area (Å²) in [5.74, 6) is 0.406. The van der Waals surface area contributed by atoms with Crippen LogP contribution in [0.25, 0.3) is 11.1 Å². The van der Waals surface area contributed by atoms with Crippen LogP contribution in [0.5, 0.6) is 0 Å². The van der Waals surface area contributed by atoms with E-state index in [0.29, 0.717) is 12.1 Å². The highest BCUT2D eigenvalue weighted by Gasteiger charge is 2.39. The quantitative estimate of drug-likeness (QED) is 0.808. The fourth-order valence-electron chi connectivity index (χ4n) is 4.03. The van der Waals surface area contributed by atoms with Gasteiger partial charge in [0.2, 0.25) is 0 Å². The van der Waals surface area contributed by atoms with Crippen LogP contribution in [0.2, 0.25) is 0 Å². The van der Waals surface area contributed by atoms with Gasteiger partial charge in [0.25, 0.3) is 0 Å². The molecule has 0 spiro atoms. The topological polar surface area (TPSA) is 29.5 Å². The number of rotatable bonds is 3. The average Bonchev–Trinajstić information content (AvgIpc) is 2.62. The number of benzene rings is 2. The Hall–Kier alpha value is -1.97. The van der Waals surface area contributed by atoms with Crippen molar-refractivity contribution in [3.8, 4) is 11.1 Å². The van der Waals surface area contributed by atoms with Crippen molar-refractivity contribution >= 4 is 5.78 Å². The van der Waals surface area contributed by atoms with Crippen molar-refractivity contribution in [3.05, 3.63) is 60.2 Å². The molecule has 2 heterocycles. The van der Waals surface area contributed by atoms with Crippen LogP contribution in [0.1, 0.15) is 23.2 Å². The van der Waals surface area contributed by atoms with Gasteiger partial charge in [-0.05, 0) is 37.1 Å². The Bertz CT molecular complexity index is 714. The summed E-state index contributed by atoms with van der Waals surface area (Å²) in [5.41, 5.74) is 3.10. The fraction of sp³-hybridized carbons (Fsp3) is 0.381. The van der Waals surface area contributed by atoms with Gasteiger partial charge in [-0.2, -0.15) is 0 Å². The summed E-state index contributed by atoms with van der Waals surface area (Å²) in [4.78, 5) is 15.5. The van der Waals surface area contributed by atoms with Crippen LogP contribution in [0.15, 0.2) is 54.6 Å². The highest BCUT2D eigenvalue weighted by molar-refractivity contribution is 5.99. The molecule has 2 saturated heterocycles.